The number of aromatic nitrogens is 2. The molecule has 0 radical (unpaired) electrons. The normalized spacial score (nSPS) is 23.1. The van der Waals surface area contributed by atoms with Crippen molar-refractivity contribution in [3.8, 4) is 0 Å². The minimum atomic E-state index is -3.66. The highest BCUT2D eigenvalue weighted by Crippen LogP contribution is 2.25. The maximum atomic E-state index is 13.0. The lowest BCUT2D eigenvalue weighted by Gasteiger charge is -2.38. The molecule has 0 bridgehead atoms. The summed E-state index contributed by atoms with van der Waals surface area (Å²) in [6.07, 6.45) is 4.58. The molecule has 0 spiro atoms. The van der Waals surface area contributed by atoms with Gasteiger partial charge in [0.25, 0.3) is 10.0 Å². The maximum Gasteiger partial charge on any atom is 0.262 e. The Labute approximate surface area is 162 Å². The molecule has 0 N–H and O–H groups in total. The molecule has 152 valence electrons. The van der Waals surface area contributed by atoms with Crippen LogP contribution < -0.4 is 0 Å². The van der Waals surface area contributed by atoms with Crippen molar-refractivity contribution in [1.29, 1.82) is 0 Å². The second-order valence-electron chi connectivity index (χ2n) is 7.71. The number of piperazine rings is 1. The van der Waals surface area contributed by atoms with E-state index in [2.05, 4.69) is 16.8 Å². The average molecular weight is 398 g/mol. The molecule has 1 amide bonds. The lowest BCUT2D eigenvalue weighted by molar-refractivity contribution is -0.138. The number of likely N-dealkylation sites (N-methyl/N-ethyl adjacent to an activating group) is 1. The second-order valence-corrected chi connectivity index (χ2v) is 9.60. The molecule has 2 aliphatic rings. The molecule has 0 saturated carbocycles. The molecule has 0 aliphatic carbocycles. The number of hydrogen-bond acceptors (Lipinski definition) is 5. The van der Waals surface area contributed by atoms with Crippen LogP contribution in [0.3, 0.4) is 0 Å². The third-order valence-corrected chi connectivity index (χ3v) is 7.39. The van der Waals surface area contributed by atoms with Gasteiger partial charge in [0.15, 0.2) is 5.03 Å². The number of carbonyl (C=O) groups excluding carboxylic acids is 1. The van der Waals surface area contributed by atoms with Crippen molar-refractivity contribution in [3.63, 3.8) is 0 Å². The van der Waals surface area contributed by atoms with Crippen molar-refractivity contribution in [2.24, 2.45) is 5.92 Å². The molecule has 3 rings (SSSR count). The quantitative estimate of drug-likeness (QED) is 0.741. The first kappa shape index (κ1) is 20.3. The van der Waals surface area contributed by atoms with E-state index < -0.39 is 10.0 Å². The molecule has 2 saturated heterocycles. The Morgan fingerprint density at radius 3 is 2.52 bits per heavy atom. The fourth-order valence-corrected chi connectivity index (χ4v) is 5.22. The van der Waals surface area contributed by atoms with Crippen LogP contribution >= 0.6 is 0 Å². The standard InChI is InChI=1S/C18H31N5O3S/c1-4-20-8-10-21(11-9-20)18(24)16-6-5-7-23(12-16)27(25,26)17-13-22(14-19-17)15(2)3/h13-16H,4-12H2,1-3H3/t16-/m1/s1. The summed E-state index contributed by atoms with van der Waals surface area (Å²) in [6.45, 7) is 11.0. The van der Waals surface area contributed by atoms with Crippen LogP contribution in [-0.4, -0.2) is 83.8 Å². The van der Waals surface area contributed by atoms with Gasteiger partial charge >= 0.3 is 0 Å². The number of piperidine rings is 1. The number of hydrogen-bond donors (Lipinski definition) is 0. The first-order chi connectivity index (χ1) is 12.8. The molecule has 9 heteroatoms. The smallest absolute Gasteiger partial charge is 0.262 e. The second kappa shape index (κ2) is 8.28. The van der Waals surface area contributed by atoms with Gasteiger partial charge in [0.1, 0.15) is 0 Å². The number of nitrogens with zero attached hydrogens (tertiary/aromatic N) is 5. The van der Waals surface area contributed by atoms with Gasteiger partial charge in [-0.3, -0.25) is 4.79 Å². The van der Waals surface area contributed by atoms with Gasteiger partial charge in [0.05, 0.1) is 12.2 Å². The van der Waals surface area contributed by atoms with Crippen LogP contribution in [0.4, 0.5) is 0 Å². The molecule has 1 atom stereocenters. The Morgan fingerprint density at radius 2 is 1.93 bits per heavy atom. The van der Waals surface area contributed by atoms with Gasteiger partial charge in [-0.25, -0.2) is 13.4 Å². The van der Waals surface area contributed by atoms with Crippen LogP contribution in [0.5, 0.6) is 0 Å². The van der Waals surface area contributed by atoms with E-state index in [1.54, 1.807) is 17.1 Å². The molecule has 2 fully saturated rings. The van der Waals surface area contributed by atoms with Crippen molar-refractivity contribution in [3.05, 3.63) is 12.5 Å². The minimum Gasteiger partial charge on any atom is -0.340 e. The maximum absolute atomic E-state index is 13.0. The van der Waals surface area contributed by atoms with Crippen molar-refractivity contribution < 1.29 is 13.2 Å². The van der Waals surface area contributed by atoms with Crippen LogP contribution in [0, 0.1) is 5.92 Å². The fourth-order valence-electron chi connectivity index (χ4n) is 3.77. The summed E-state index contributed by atoms with van der Waals surface area (Å²) in [5.41, 5.74) is 0. The zero-order valence-corrected chi connectivity index (χ0v) is 17.4. The monoisotopic (exact) mass is 397 g/mol. The number of amides is 1. The van der Waals surface area contributed by atoms with Crippen LogP contribution in [-0.2, 0) is 14.8 Å². The van der Waals surface area contributed by atoms with E-state index in [0.29, 0.717) is 13.0 Å². The molecule has 2 aliphatic heterocycles. The Balaban J connectivity index is 1.67. The van der Waals surface area contributed by atoms with Gasteiger partial charge in [-0.1, -0.05) is 6.92 Å². The summed E-state index contributed by atoms with van der Waals surface area (Å²) >= 11 is 0. The molecule has 1 aromatic heterocycles. The number of imidazole rings is 1. The SMILES string of the molecule is CCN1CCN(C(=O)[C@@H]2CCCN(S(=O)(=O)c3cn(C(C)C)cn3)C2)CC1. The first-order valence-electron chi connectivity index (χ1n) is 9.87. The topological polar surface area (TPSA) is 78.8 Å². The third kappa shape index (κ3) is 4.35. The lowest BCUT2D eigenvalue weighted by Crippen LogP contribution is -2.52. The largest absolute Gasteiger partial charge is 0.340 e. The Bertz CT molecular complexity index is 753. The molecule has 0 unspecified atom stereocenters. The fraction of sp³-hybridized carbons (Fsp3) is 0.778. The van der Waals surface area contributed by atoms with Crippen molar-refractivity contribution >= 4 is 15.9 Å². The minimum absolute atomic E-state index is 0.0702. The van der Waals surface area contributed by atoms with Gasteiger partial charge in [0, 0.05) is 51.5 Å². The summed E-state index contributed by atoms with van der Waals surface area (Å²) in [6, 6.07) is 0.152. The third-order valence-electron chi connectivity index (χ3n) is 5.64. The summed E-state index contributed by atoms with van der Waals surface area (Å²) < 4.78 is 29.2. The van der Waals surface area contributed by atoms with Crippen molar-refractivity contribution in [1.82, 2.24) is 23.7 Å². The van der Waals surface area contributed by atoms with E-state index >= 15 is 0 Å². The van der Waals surface area contributed by atoms with E-state index in [0.717, 1.165) is 39.1 Å². The van der Waals surface area contributed by atoms with Gasteiger partial charge in [-0.15, -0.1) is 0 Å². The summed E-state index contributed by atoms with van der Waals surface area (Å²) in [5.74, 6) is -0.160. The van der Waals surface area contributed by atoms with E-state index in [1.165, 1.54) is 4.31 Å². The molecule has 1 aromatic rings. The van der Waals surface area contributed by atoms with E-state index in [1.807, 2.05) is 18.7 Å². The summed E-state index contributed by atoms with van der Waals surface area (Å²) in [5, 5.41) is 0.0702. The molecule has 27 heavy (non-hydrogen) atoms. The highest BCUT2D eigenvalue weighted by atomic mass is 32.2. The van der Waals surface area contributed by atoms with Crippen LogP contribution in [0.1, 0.15) is 39.7 Å². The number of rotatable bonds is 5. The summed E-state index contributed by atoms with van der Waals surface area (Å²) in [4.78, 5) is 21.2. The molecule has 3 heterocycles. The zero-order valence-electron chi connectivity index (χ0n) is 16.5. The predicted octanol–water partition coefficient (Wildman–Crippen LogP) is 1.03. The highest BCUT2D eigenvalue weighted by molar-refractivity contribution is 7.89. The number of carbonyl (C=O) groups is 1. The van der Waals surface area contributed by atoms with Gasteiger partial charge in [-0.05, 0) is 33.2 Å². The van der Waals surface area contributed by atoms with Gasteiger partial charge < -0.3 is 14.4 Å². The van der Waals surface area contributed by atoms with E-state index in [-0.39, 0.29) is 29.4 Å². The summed E-state index contributed by atoms with van der Waals surface area (Å²) in [7, 11) is -3.66. The average Bonchev–Trinajstić information content (AvgIpc) is 3.19. The molecular formula is C18H31N5O3S. The molecular weight excluding hydrogens is 366 g/mol. The van der Waals surface area contributed by atoms with Crippen LogP contribution in [0.15, 0.2) is 17.6 Å². The predicted molar refractivity (Wildman–Crippen MR) is 103 cm³/mol. The van der Waals surface area contributed by atoms with Gasteiger partial charge in [0.2, 0.25) is 5.91 Å². The zero-order chi connectivity index (χ0) is 19.6. The lowest BCUT2D eigenvalue weighted by atomic mass is 9.98. The molecule has 8 nitrogen and oxygen atoms in total. The number of sulfonamides is 1. The Kier molecular flexibility index (Phi) is 6.22. The van der Waals surface area contributed by atoms with Crippen molar-refractivity contribution in [2.45, 2.75) is 44.7 Å². The van der Waals surface area contributed by atoms with Crippen molar-refractivity contribution in [2.75, 3.05) is 45.8 Å². The molecule has 0 aromatic carbocycles. The van der Waals surface area contributed by atoms with Gasteiger partial charge in [-0.2, -0.15) is 4.31 Å². The first-order valence-corrected chi connectivity index (χ1v) is 11.3. The van der Waals surface area contributed by atoms with E-state index in [4.69, 9.17) is 0 Å². The highest BCUT2D eigenvalue weighted by Gasteiger charge is 2.36. The Morgan fingerprint density at radius 1 is 1.22 bits per heavy atom. The van der Waals surface area contributed by atoms with E-state index in [9.17, 15) is 13.2 Å². The Hall–Kier alpha value is -1.45. The van der Waals surface area contributed by atoms with Crippen LogP contribution in [0.2, 0.25) is 0 Å². The van der Waals surface area contributed by atoms with Crippen LogP contribution in [0.25, 0.3) is 0 Å².